The molecule has 0 bridgehead atoms. The minimum atomic E-state index is 0. The quantitative estimate of drug-likeness (QED) is 0.580. The van der Waals surface area contributed by atoms with Gasteiger partial charge in [0, 0.05) is 13.7 Å². The van der Waals surface area contributed by atoms with E-state index in [0.717, 1.165) is 6.61 Å². The van der Waals surface area contributed by atoms with E-state index in [1.165, 1.54) is 0 Å². The van der Waals surface area contributed by atoms with Crippen molar-refractivity contribution in [3.63, 3.8) is 0 Å². The van der Waals surface area contributed by atoms with Crippen molar-refractivity contribution in [3.05, 3.63) is 0 Å². The lowest BCUT2D eigenvalue weighted by molar-refractivity contribution is -0.0646. The zero-order chi connectivity index (χ0) is 13.1. The highest BCUT2D eigenvalue weighted by atomic mass is 16.6. The molecule has 18 heavy (non-hydrogen) atoms. The number of hydrogen-bond acceptors (Lipinski definition) is 5. The monoisotopic (exact) mass is 265 g/mol. The van der Waals surface area contributed by atoms with Crippen molar-refractivity contribution < 1.29 is 18.9 Å². The molecule has 0 amide bonds. The molecule has 2 unspecified atom stereocenters. The van der Waals surface area contributed by atoms with Crippen LogP contribution in [0.3, 0.4) is 0 Å². The van der Waals surface area contributed by atoms with Gasteiger partial charge in [0.15, 0.2) is 0 Å². The first-order valence-electron chi connectivity index (χ1n) is 6.36. The molecule has 0 aromatic rings. The summed E-state index contributed by atoms with van der Waals surface area (Å²) in [4.78, 5) is 0. The second-order valence-corrected chi connectivity index (χ2v) is 4.75. The summed E-state index contributed by atoms with van der Waals surface area (Å²) in [5, 5.41) is 0. The van der Waals surface area contributed by atoms with Crippen LogP contribution in [0.15, 0.2) is 0 Å². The van der Waals surface area contributed by atoms with Gasteiger partial charge in [-0.05, 0) is 19.8 Å². The number of rotatable bonds is 11. The van der Waals surface area contributed by atoms with Crippen LogP contribution in [0, 0.1) is 5.92 Å². The van der Waals surface area contributed by atoms with Crippen LogP contribution in [-0.2, 0) is 18.9 Å². The molecule has 0 aromatic carbocycles. The molecule has 0 saturated heterocycles. The standard InChI is InChI=1S/C13H28O4.H3N/c1-11(2)8-16-13(4)10-17-12(3)9-15-7-6-14-5;/h11-13H,6-10H2,1-5H3;1H3. The molecule has 0 aromatic heterocycles. The fourth-order valence-electron chi connectivity index (χ4n) is 1.14. The molecule has 0 spiro atoms. The van der Waals surface area contributed by atoms with Crippen molar-refractivity contribution in [1.82, 2.24) is 6.15 Å². The van der Waals surface area contributed by atoms with Crippen molar-refractivity contribution in [1.29, 1.82) is 0 Å². The van der Waals surface area contributed by atoms with Crippen molar-refractivity contribution in [2.45, 2.75) is 39.9 Å². The average molecular weight is 265 g/mol. The molecule has 5 nitrogen and oxygen atoms in total. The maximum absolute atomic E-state index is 5.63. The molecular formula is C13H31NO4. The number of methoxy groups -OCH3 is 1. The molecule has 3 N–H and O–H groups in total. The zero-order valence-corrected chi connectivity index (χ0v) is 12.6. The Labute approximate surface area is 112 Å². The summed E-state index contributed by atoms with van der Waals surface area (Å²) < 4.78 is 21.5. The Bertz CT molecular complexity index is 167. The molecule has 0 fully saturated rings. The summed E-state index contributed by atoms with van der Waals surface area (Å²) >= 11 is 0. The number of hydrogen-bond donors (Lipinski definition) is 1. The van der Waals surface area contributed by atoms with Gasteiger partial charge in [-0.2, -0.15) is 0 Å². The molecule has 0 heterocycles. The Kier molecular flexibility index (Phi) is 14.8. The molecule has 0 aliphatic heterocycles. The van der Waals surface area contributed by atoms with Crippen LogP contribution in [0.1, 0.15) is 27.7 Å². The second kappa shape index (κ2) is 13.2. The van der Waals surface area contributed by atoms with Gasteiger partial charge in [-0.1, -0.05) is 13.8 Å². The smallest absolute Gasteiger partial charge is 0.0781 e. The largest absolute Gasteiger partial charge is 0.382 e. The molecule has 0 radical (unpaired) electrons. The third kappa shape index (κ3) is 13.9. The highest BCUT2D eigenvalue weighted by Crippen LogP contribution is 2.01. The minimum Gasteiger partial charge on any atom is -0.382 e. The van der Waals surface area contributed by atoms with E-state index in [1.54, 1.807) is 7.11 Å². The van der Waals surface area contributed by atoms with Crippen LogP contribution >= 0.6 is 0 Å². The van der Waals surface area contributed by atoms with E-state index in [-0.39, 0.29) is 18.4 Å². The first-order valence-corrected chi connectivity index (χ1v) is 6.36. The van der Waals surface area contributed by atoms with Gasteiger partial charge >= 0.3 is 0 Å². The van der Waals surface area contributed by atoms with Crippen molar-refractivity contribution in [2.24, 2.45) is 5.92 Å². The van der Waals surface area contributed by atoms with Gasteiger partial charge in [-0.3, -0.25) is 0 Å². The average Bonchev–Trinajstić information content (AvgIpc) is 2.29. The predicted molar refractivity (Wildman–Crippen MR) is 73.4 cm³/mol. The summed E-state index contributed by atoms with van der Waals surface area (Å²) in [6, 6.07) is 0. The first-order chi connectivity index (χ1) is 8.06. The third-order valence-corrected chi connectivity index (χ3v) is 2.11. The predicted octanol–water partition coefficient (Wildman–Crippen LogP) is 2.28. The Hall–Kier alpha value is -0.200. The fraction of sp³-hybridized carbons (Fsp3) is 1.00. The van der Waals surface area contributed by atoms with Crippen molar-refractivity contribution in [2.75, 3.05) is 40.1 Å². The van der Waals surface area contributed by atoms with Crippen LogP contribution < -0.4 is 6.15 Å². The molecule has 0 rings (SSSR count). The van der Waals surface area contributed by atoms with Crippen molar-refractivity contribution >= 4 is 0 Å². The van der Waals surface area contributed by atoms with Crippen molar-refractivity contribution in [3.8, 4) is 0 Å². The van der Waals surface area contributed by atoms with E-state index in [0.29, 0.717) is 32.3 Å². The molecule has 0 saturated carbocycles. The van der Waals surface area contributed by atoms with Crippen LogP contribution in [0.4, 0.5) is 0 Å². The molecule has 5 heteroatoms. The normalized spacial score (nSPS) is 14.3. The third-order valence-electron chi connectivity index (χ3n) is 2.11. The molecule has 0 aliphatic carbocycles. The van der Waals surface area contributed by atoms with Crippen LogP contribution in [-0.4, -0.2) is 52.4 Å². The Morgan fingerprint density at radius 3 is 1.89 bits per heavy atom. The maximum atomic E-state index is 5.63. The lowest BCUT2D eigenvalue weighted by Gasteiger charge is -2.18. The van der Waals surface area contributed by atoms with E-state index in [4.69, 9.17) is 18.9 Å². The SMILES string of the molecule is COCCOCC(C)OCC(C)OCC(C)C.N. The molecule has 0 aliphatic rings. The Balaban J connectivity index is 0. The molecule has 112 valence electrons. The maximum Gasteiger partial charge on any atom is 0.0781 e. The Morgan fingerprint density at radius 1 is 0.778 bits per heavy atom. The van der Waals surface area contributed by atoms with Gasteiger partial charge in [0.05, 0.1) is 38.6 Å². The lowest BCUT2D eigenvalue weighted by Crippen LogP contribution is -2.25. The summed E-state index contributed by atoms with van der Waals surface area (Å²) in [5.74, 6) is 0.562. The van der Waals surface area contributed by atoms with Crippen LogP contribution in [0.25, 0.3) is 0 Å². The van der Waals surface area contributed by atoms with Crippen LogP contribution in [0.2, 0.25) is 0 Å². The van der Waals surface area contributed by atoms with Gasteiger partial charge in [0.1, 0.15) is 0 Å². The van der Waals surface area contributed by atoms with Gasteiger partial charge in [0.2, 0.25) is 0 Å². The van der Waals surface area contributed by atoms with E-state index < -0.39 is 0 Å². The van der Waals surface area contributed by atoms with E-state index >= 15 is 0 Å². The minimum absolute atomic E-state index is 0. The fourth-order valence-corrected chi connectivity index (χ4v) is 1.14. The summed E-state index contributed by atoms with van der Waals surface area (Å²) in [6.45, 7) is 11.5. The van der Waals surface area contributed by atoms with Gasteiger partial charge in [-0.25, -0.2) is 0 Å². The summed E-state index contributed by atoms with van der Waals surface area (Å²) in [6.07, 6.45) is 0.232. The zero-order valence-electron chi connectivity index (χ0n) is 12.6. The van der Waals surface area contributed by atoms with E-state index in [1.807, 2.05) is 13.8 Å². The van der Waals surface area contributed by atoms with Gasteiger partial charge < -0.3 is 25.1 Å². The first kappa shape index (κ1) is 20.1. The second-order valence-electron chi connectivity index (χ2n) is 4.75. The molecular weight excluding hydrogens is 234 g/mol. The summed E-state index contributed by atoms with van der Waals surface area (Å²) in [7, 11) is 1.66. The van der Waals surface area contributed by atoms with Gasteiger partial charge in [0.25, 0.3) is 0 Å². The lowest BCUT2D eigenvalue weighted by atomic mass is 10.2. The van der Waals surface area contributed by atoms with E-state index in [9.17, 15) is 0 Å². The topological polar surface area (TPSA) is 71.9 Å². The van der Waals surface area contributed by atoms with Gasteiger partial charge in [-0.15, -0.1) is 0 Å². The van der Waals surface area contributed by atoms with E-state index in [2.05, 4.69) is 13.8 Å². The highest BCUT2D eigenvalue weighted by Gasteiger charge is 2.07. The van der Waals surface area contributed by atoms with Crippen LogP contribution in [0.5, 0.6) is 0 Å². The summed E-state index contributed by atoms with van der Waals surface area (Å²) in [5.41, 5.74) is 0. The molecule has 2 atom stereocenters. The Morgan fingerprint density at radius 2 is 1.33 bits per heavy atom. The number of ether oxygens (including phenoxy) is 4. The highest BCUT2D eigenvalue weighted by molar-refractivity contribution is 4.53.